The van der Waals surface area contributed by atoms with E-state index in [2.05, 4.69) is 6.92 Å². The summed E-state index contributed by atoms with van der Waals surface area (Å²) in [4.78, 5) is 14.5. The lowest BCUT2D eigenvalue weighted by Crippen LogP contribution is -2.51. The second-order valence-corrected chi connectivity index (χ2v) is 5.97. The van der Waals surface area contributed by atoms with Crippen LogP contribution >= 0.6 is 0 Å². The van der Waals surface area contributed by atoms with Crippen LogP contribution < -0.4 is 5.73 Å². The molecule has 1 heterocycles. The predicted molar refractivity (Wildman–Crippen MR) is 71.1 cm³/mol. The van der Waals surface area contributed by atoms with Gasteiger partial charge in [-0.3, -0.25) is 4.79 Å². The Morgan fingerprint density at radius 2 is 2.11 bits per heavy atom. The molecule has 18 heavy (non-hydrogen) atoms. The Morgan fingerprint density at radius 3 is 2.83 bits per heavy atom. The van der Waals surface area contributed by atoms with Crippen LogP contribution in [0.1, 0.15) is 39.0 Å². The molecule has 0 aromatic carbocycles. The van der Waals surface area contributed by atoms with Crippen LogP contribution in [-0.4, -0.2) is 43.2 Å². The molecule has 0 radical (unpaired) electrons. The van der Waals surface area contributed by atoms with Crippen molar-refractivity contribution >= 4 is 5.91 Å². The molecule has 1 saturated heterocycles. The third-order valence-corrected chi connectivity index (χ3v) is 4.51. The number of piperidine rings is 1. The van der Waals surface area contributed by atoms with Crippen LogP contribution in [0.5, 0.6) is 0 Å². The van der Waals surface area contributed by atoms with Gasteiger partial charge in [-0.2, -0.15) is 0 Å². The smallest absolute Gasteiger partial charge is 0.227 e. The van der Waals surface area contributed by atoms with Crippen LogP contribution in [0, 0.1) is 11.8 Å². The van der Waals surface area contributed by atoms with Crippen LogP contribution in [0.4, 0.5) is 0 Å². The molecular formula is C14H26N2O2. The molecule has 4 unspecified atom stereocenters. The molecule has 2 aliphatic rings. The summed E-state index contributed by atoms with van der Waals surface area (Å²) in [6.07, 6.45) is 5.41. The molecule has 4 nitrogen and oxygen atoms in total. The van der Waals surface area contributed by atoms with Crippen LogP contribution in [0.15, 0.2) is 0 Å². The second-order valence-electron chi connectivity index (χ2n) is 5.97. The average Bonchev–Trinajstić information content (AvgIpc) is 2.41. The molecule has 4 heteroatoms. The normalized spacial score (nSPS) is 37.6. The minimum atomic E-state index is 0.0318. The molecule has 1 amide bonds. The fourth-order valence-corrected chi connectivity index (χ4v) is 3.25. The standard InChI is InChI=1S/C14H26N2O2/c1-10-5-6-13(15)12(8-10)14(17)16-7-3-4-11(9-16)18-2/h10-13H,3-9,15H2,1-2H3. The topological polar surface area (TPSA) is 55.6 Å². The van der Waals surface area contributed by atoms with E-state index >= 15 is 0 Å². The molecule has 1 saturated carbocycles. The van der Waals surface area contributed by atoms with Crippen molar-refractivity contribution in [2.24, 2.45) is 17.6 Å². The summed E-state index contributed by atoms with van der Waals surface area (Å²) >= 11 is 0. The van der Waals surface area contributed by atoms with Crippen molar-refractivity contribution in [2.45, 2.75) is 51.2 Å². The van der Waals surface area contributed by atoms with Gasteiger partial charge in [0.2, 0.25) is 5.91 Å². The van der Waals surface area contributed by atoms with Gasteiger partial charge in [-0.1, -0.05) is 6.92 Å². The first-order valence-electron chi connectivity index (χ1n) is 7.19. The van der Waals surface area contributed by atoms with Gasteiger partial charge in [0, 0.05) is 26.2 Å². The summed E-state index contributed by atoms with van der Waals surface area (Å²) < 4.78 is 5.38. The van der Waals surface area contributed by atoms with E-state index in [1.54, 1.807) is 7.11 Å². The number of nitrogens with zero attached hydrogens (tertiary/aromatic N) is 1. The quantitative estimate of drug-likeness (QED) is 0.810. The van der Waals surface area contributed by atoms with E-state index in [-0.39, 0.29) is 24.0 Å². The third-order valence-electron chi connectivity index (χ3n) is 4.51. The highest BCUT2D eigenvalue weighted by molar-refractivity contribution is 5.79. The number of hydrogen-bond donors (Lipinski definition) is 1. The van der Waals surface area contributed by atoms with Gasteiger partial charge in [0.05, 0.1) is 12.0 Å². The van der Waals surface area contributed by atoms with Gasteiger partial charge in [-0.25, -0.2) is 0 Å². The Morgan fingerprint density at radius 1 is 1.33 bits per heavy atom. The highest BCUT2D eigenvalue weighted by Crippen LogP contribution is 2.30. The Labute approximate surface area is 110 Å². The van der Waals surface area contributed by atoms with Crippen molar-refractivity contribution in [1.82, 2.24) is 4.90 Å². The number of carbonyl (C=O) groups is 1. The maximum absolute atomic E-state index is 12.6. The van der Waals surface area contributed by atoms with E-state index < -0.39 is 0 Å². The van der Waals surface area contributed by atoms with Gasteiger partial charge in [0.25, 0.3) is 0 Å². The lowest BCUT2D eigenvalue weighted by atomic mass is 9.78. The molecule has 0 spiro atoms. The Bertz CT molecular complexity index is 296. The van der Waals surface area contributed by atoms with E-state index in [9.17, 15) is 4.79 Å². The zero-order valence-corrected chi connectivity index (χ0v) is 11.6. The monoisotopic (exact) mass is 254 g/mol. The highest BCUT2D eigenvalue weighted by atomic mass is 16.5. The van der Waals surface area contributed by atoms with Crippen molar-refractivity contribution in [2.75, 3.05) is 20.2 Å². The number of carbonyl (C=O) groups excluding carboxylic acids is 1. The summed E-state index contributed by atoms with van der Waals surface area (Å²) in [5.41, 5.74) is 6.14. The SMILES string of the molecule is COC1CCCN(C(=O)C2CC(C)CCC2N)C1. The fraction of sp³-hybridized carbons (Fsp3) is 0.929. The van der Waals surface area contributed by atoms with Crippen LogP contribution in [0.25, 0.3) is 0 Å². The number of rotatable bonds is 2. The summed E-state index contributed by atoms with van der Waals surface area (Å²) in [7, 11) is 1.73. The van der Waals surface area contributed by atoms with Crippen molar-refractivity contribution in [3.63, 3.8) is 0 Å². The first kappa shape index (κ1) is 13.8. The van der Waals surface area contributed by atoms with Crippen molar-refractivity contribution < 1.29 is 9.53 Å². The van der Waals surface area contributed by atoms with E-state index in [0.29, 0.717) is 5.92 Å². The van der Waals surface area contributed by atoms with Crippen LogP contribution in [0.2, 0.25) is 0 Å². The molecule has 0 aromatic rings. The molecular weight excluding hydrogens is 228 g/mol. The van der Waals surface area contributed by atoms with E-state index in [4.69, 9.17) is 10.5 Å². The minimum Gasteiger partial charge on any atom is -0.380 e. The minimum absolute atomic E-state index is 0.0318. The van der Waals surface area contributed by atoms with E-state index in [1.807, 2.05) is 4.90 Å². The molecule has 4 atom stereocenters. The highest BCUT2D eigenvalue weighted by Gasteiger charge is 2.35. The van der Waals surface area contributed by atoms with Crippen molar-refractivity contribution in [3.05, 3.63) is 0 Å². The summed E-state index contributed by atoms with van der Waals surface area (Å²) in [6, 6.07) is 0.0524. The van der Waals surface area contributed by atoms with Gasteiger partial charge >= 0.3 is 0 Å². The molecule has 104 valence electrons. The van der Waals surface area contributed by atoms with Gasteiger partial charge in [-0.15, -0.1) is 0 Å². The van der Waals surface area contributed by atoms with Crippen LogP contribution in [-0.2, 0) is 9.53 Å². The number of hydrogen-bond acceptors (Lipinski definition) is 3. The molecule has 2 fully saturated rings. The van der Waals surface area contributed by atoms with Crippen LogP contribution in [0.3, 0.4) is 0 Å². The molecule has 0 bridgehead atoms. The molecule has 1 aliphatic carbocycles. The summed E-state index contributed by atoms with van der Waals surface area (Å²) in [6.45, 7) is 3.84. The van der Waals surface area contributed by atoms with Gasteiger partial charge in [-0.05, 0) is 38.0 Å². The summed E-state index contributed by atoms with van der Waals surface area (Å²) in [5, 5.41) is 0. The zero-order valence-electron chi connectivity index (χ0n) is 11.6. The lowest BCUT2D eigenvalue weighted by molar-refractivity contribution is -0.141. The lowest BCUT2D eigenvalue weighted by Gasteiger charge is -2.38. The maximum Gasteiger partial charge on any atom is 0.227 e. The number of likely N-dealkylation sites (tertiary alicyclic amines) is 1. The van der Waals surface area contributed by atoms with Crippen molar-refractivity contribution in [3.8, 4) is 0 Å². The van der Waals surface area contributed by atoms with Gasteiger partial charge in [0.1, 0.15) is 0 Å². The molecule has 0 aromatic heterocycles. The average molecular weight is 254 g/mol. The van der Waals surface area contributed by atoms with Crippen molar-refractivity contribution in [1.29, 1.82) is 0 Å². The zero-order chi connectivity index (χ0) is 13.1. The number of methoxy groups -OCH3 is 1. The number of nitrogens with two attached hydrogens (primary N) is 1. The largest absolute Gasteiger partial charge is 0.380 e. The maximum atomic E-state index is 12.6. The first-order chi connectivity index (χ1) is 8.61. The number of amides is 1. The van der Waals surface area contributed by atoms with E-state index in [1.165, 1.54) is 0 Å². The molecule has 1 aliphatic heterocycles. The second kappa shape index (κ2) is 6.02. The summed E-state index contributed by atoms with van der Waals surface area (Å²) in [5.74, 6) is 0.918. The number of ether oxygens (including phenoxy) is 1. The Balaban J connectivity index is 1.96. The predicted octanol–water partition coefficient (Wildman–Crippen LogP) is 1.39. The third kappa shape index (κ3) is 3.04. The molecule has 2 rings (SSSR count). The Hall–Kier alpha value is -0.610. The fourth-order valence-electron chi connectivity index (χ4n) is 3.25. The van der Waals surface area contributed by atoms with Gasteiger partial charge < -0.3 is 15.4 Å². The molecule has 2 N–H and O–H groups in total. The van der Waals surface area contributed by atoms with Gasteiger partial charge in [0.15, 0.2) is 0 Å². The first-order valence-corrected chi connectivity index (χ1v) is 7.19. The van der Waals surface area contributed by atoms with E-state index in [0.717, 1.165) is 45.2 Å². The Kier molecular flexibility index (Phi) is 4.62.